The van der Waals surface area contributed by atoms with Crippen LogP contribution in [0.2, 0.25) is 0 Å². The standard InChI is InChI=1S/4C6H6NO.2C2H4O2.2ClHO4.4Cu.2O2.4H2O/c4*8-5-6-3-1-2-4-7-6;2*1-2(3)4;2*2-1(3,4)5;;;;;2*1-2;;;;/h4*1-4H,5H2;2*1H3,(H,3,4);2*(H,2,3,4,5);;;;;;;4*1H2/q4*-1;;;;;4*+2;;;;;;/p-4. The molecule has 0 aromatic carbocycles. The van der Waals surface area contributed by atoms with Gasteiger partial charge in [-0.05, 0) is 62.4 Å². The first kappa shape index (κ1) is 97.8. The van der Waals surface area contributed by atoms with Gasteiger partial charge in [0.15, 0.2) is 0 Å². The number of aromatic nitrogens is 4. The van der Waals surface area contributed by atoms with Crippen molar-refractivity contribution >= 4 is 11.9 Å². The monoisotopic (exact) mass is 1140 g/mol. The Kier molecular flexibility index (Phi) is 114. The fraction of sp³-hybridized carbons (Fsp3) is 0.214. The van der Waals surface area contributed by atoms with Gasteiger partial charge in [0, 0.05) is 79.4 Å². The summed E-state index contributed by atoms with van der Waals surface area (Å²) in [6.45, 7) is 1.06. The van der Waals surface area contributed by atoms with Crippen LogP contribution in [0.1, 0.15) is 36.6 Å². The Labute approximate surface area is 398 Å². The summed E-state index contributed by atoms with van der Waals surface area (Å²) in [5.41, 5.74) is 2.42. The van der Waals surface area contributed by atoms with Crippen LogP contribution in [0.5, 0.6) is 0 Å². The molecule has 62 heavy (non-hydrogen) atoms. The number of halogens is 2. The van der Waals surface area contributed by atoms with Gasteiger partial charge in [-0.25, -0.2) is 37.3 Å². The van der Waals surface area contributed by atoms with Crippen LogP contribution in [0.3, 0.4) is 0 Å². The average molecular weight is 1140 g/mol. The van der Waals surface area contributed by atoms with Crippen LogP contribution in [0.25, 0.3) is 0 Å². The van der Waals surface area contributed by atoms with Crippen molar-refractivity contribution in [3.8, 4) is 0 Å². The molecule has 0 aliphatic carbocycles. The molecule has 34 heteroatoms. The van der Waals surface area contributed by atoms with E-state index in [1.54, 1.807) is 97.6 Å². The van der Waals surface area contributed by atoms with E-state index in [-0.39, 0.29) is 117 Å². The number of aliphatic carboxylic acids is 2. The number of rotatable bonds is 4. The number of hydrogen-bond donors (Lipinski definition) is 0. The Balaban J connectivity index is -0.0000000348. The minimum absolute atomic E-state index is 0. The Morgan fingerprint density at radius 1 is 0.403 bits per heavy atom. The van der Waals surface area contributed by atoms with E-state index in [1.807, 2.05) is 0 Å². The topological polar surface area (TPSA) is 603 Å². The molecule has 4 rings (SSSR count). The minimum Gasteiger partial charge on any atom is -0.850 e. The minimum atomic E-state index is -4.94. The predicted molar refractivity (Wildman–Crippen MR) is 161 cm³/mol. The molecule has 0 saturated carbocycles. The summed E-state index contributed by atoms with van der Waals surface area (Å²) >= 11 is 0. The molecule has 0 spiro atoms. The molecule has 4 aromatic rings. The molecular formula is C28H38Cl2Cu4N4O24. The van der Waals surface area contributed by atoms with Crippen molar-refractivity contribution < 1.29 is 188 Å². The van der Waals surface area contributed by atoms with Crippen LogP contribution in [0.4, 0.5) is 0 Å². The fourth-order valence-corrected chi connectivity index (χ4v) is 1.93. The van der Waals surface area contributed by atoms with E-state index >= 15 is 0 Å². The Morgan fingerprint density at radius 2 is 0.516 bits per heavy atom. The van der Waals surface area contributed by atoms with Crippen LogP contribution >= 0.6 is 0 Å². The third-order valence-corrected chi connectivity index (χ3v) is 3.50. The summed E-state index contributed by atoms with van der Waals surface area (Å²) in [4.78, 5) is 60.9. The Morgan fingerprint density at radius 3 is 0.565 bits per heavy atom. The van der Waals surface area contributed by atoms with Gasteiger partial charge in [-0.2, -0.15) is 0 Å². The number of carbonyl (C=O) groups is 2. The maximum absolute atomic E-state index is 10.1. The van der Waals surface area contributed by atoms with Crippen LogP contribution in [-0.2, 0) is 104 Å². The number of carbonyl (C=O) groups excluding carboxylic acids is 2. The van der Waals surface area contributed by atoms with Gasteiger partial charge in [-0.1, -0.05) is 50.7 Å². The second kappa shape index (κ2) is 72.2. The predicted octanol–water partition coefficient (Wildman–Crippen LogP) is -15.4. The average Bonchev–Trinajstić information content (AvgIpc) is 3.13. The van der Waals surface area contributed by atoms with Crippen molar-refractivity contribution in [2.45, 2.75) is 40.3 Å². The quantitative estimate of drug-likeness (QED) is 0.171. The SMILES string of the molecule is CC(=O)[O-].CC(=O)[O-].O.O.O.O.O=O.O=O.[Cu+2].[Cu+2].[Cu+2].[Cu+2].[O-]Cc1ccccn1.[O-]Cc1ccccn1.[O-]Cc1ccccn1.[O-]Cc1ccccn1.[O-][Cl+3]([O-])([O-])[O-].[O-][Cl+3]([O-])([O-])[O-]. The number of carboxylic acid groups (broad SMARTS) is 2. The zero-order valence-electron chi connectivity index (χ0n) is 31.0. The summed E-state index contributed by atoms with van der Waals surface area (Å²) in [6.07, 6.45) is 6.47. The Hall–Kier alpha value is -3.24. The van der Waals surface area contributed by atoms with Crippen molar-refractivity contribution in [2.24, 2.45) is 0 Å². The van der Waals surface area contributed by atoms with E-state index < -0.39 is 32.4 Å². The molecule has 28 nitrogen and oxygen atoms in total. The molecular weight excluding hydrogens is 1100 g/mol. The number of hydrogen-bond acceptors (Lipinski definition) is 24. The van der Waals surface area contributed by atoms with Crippen LogP contribution in [-0.4, -0.2) is 53.8 Å². The van der Waals surface area contributed by atoms with Gasteiger partial charge in [-0.3, -0.25) is 19.9 Å². The summed E-state index contributed by atoms with van der Waals surface area (Å²) in [6, 6.07) is 21.2. The van der Waals surface area contributed by atoms with E-state index in [9.17, 15) is 20.4 Å². The van der Waals surface area contributed by atoms with Gasteiger partial charge in [0.1, 0.15) is 0 Å². The zero-order chi connectivity index (χ0) is 43.4. The van der Waals surface area contributed by atoms with Gasteiger partial charge in [-0.15, -0.1) is 20.5 Å². The maximum atomic E-state index is 10.1. The first-order chi connectivity index (χ1) is 25.2. The van der Waals surface area contributed by atoms with Crippen molar-refractivity contribution in [3.63, 3.8) is 0 Å². The van der Waals surface area contributed by atoms with Gasteiger partial charge < -0.3 is 62.1 Å². The summed E-state index contributed by atoms with van der Waals surface area (Å²) in [7, 11) is -9.89. The molecule has 0 unspecified atom stereocenters. The second-order valence-corrected chi connectivity index (χ2v) is 9.11. The molecule has 372 valence electrons. The van der Waals surface area contributed by atoms with E-state index in [2.05, 4.69) is 19.9 Å². The summed E-state index contributed by atoms with van der Waals surface area (Å²) < 4.78 is 67.9. The number of carboxylic acids is 2. The van der Waals surface area contributed by atoms with E-state index in [4.69, 9.17) is 76.9 Å². The molecule has 0 aliphatic rings. The normalized spacial score (nSPS) is 7.58. The largest absolute Gasteiger partial charge is 2.00 e. The van der Waals surface area contributed by atoms with Gasteiger partial charge in [0.05, 0.1) is 0 Å². The van der Waals surface area contributed by atoms with Crippen molar-refractivity contribution in [2.75, 3.05) is 0 Å². The molecule has 0 fully saturated rings. The molecule has 0 amide bonds. The van der Waals surface area contributed by atoms with Crippen molar-refractivity contribution in [1.82, 2.24) is 19.9 Å². The van der Waals surface area contributed by atoms with E-state index in [0.717, 1.165) is 13.8 Å². The molecule has 0 atom stereocenters. The second-order valence-electron chi connectivity index (χ2n) is 7.60. The third-order valence-electron chi connectivity index (χ3n) is 3.50. The van der Waals surface area contributed by atoms with E-state index in [1.165, 1.54) is 0 Å². The van der Waals surface area contributed by atoms with Crippen LogP contribution in [0.15, 0.2) is 97.6 Å². The van der Waals surface area contributed by atoms with Crippen molar-refractivity contribution in [1.29, 1.82) is 0 Å². The fourth-order valence-electron chi connectivity index (χ4n) is 1.93. The van der Waals surface area contributed by atoms with Crippen molar-refractivity contribution in [3.05, 3.63) is 140 Å². The molecule has 0 saturated heterocycles. The summed E-state index contributed by atoms with van der Waals surface area (Å²) in [5, 5.41) is 58.1. The number of nitrogens with zero attached hydrogens (tertiary/aromatic N) is 4. The molecule has 0 aliphatic heterocycles. The maximum Gasteiger partial charge on any atom is 2.00 e. The molecule has 4 aromatic heterocycles. The van der Waals surface area contributed by atoms with Gasteiger partial charge in [0.2, 0.25) is 0 Å². The van der Waals surface area contributed by atoms with E-state index in [0.29, 0.717) is 22.8 Å². The van der Waals surface area contributed by atoms with Gasteiger partial charge in [0.25, 0.3) is 0 Å². The molecule has 4 heterocycles. The zero-order valence-corrected chi connectivity index (χ0v) is 36.3. The number of pyridine rings is 4. The third kappa shape index (κ3) is 131. The van der Waals surface area contributed by atoms with Gasteiger partial charge >= 0.3 is 68.3 Å². The first-order valence-corrected chi connectivity index (χ1v) is 15.5. The summed E-state index contributed by atoms with van der Waals surface area (Å²) in [5.74, 6) is -2.17. The first-order valence-electron chi connectivity index (χ1n) is 13.0. The van der Waals surface area contributed by atoms with Crippen LogP contribution < -0.4 is 67.9 Å². The molecule has 8 N–H and O–H groups in total. The smallest absolute Gasteiger partial charge is 0.850 e. The molecule has 4 radical (unpaired) electrons. The molecule has 0 bridgehead atoms. The van der Waals surface area contributed by atoms with Crippen LogP contribution in [0, 0.1) is 40.3 Å². The Bertz CT molecular complexity index is 1170.